The Labute approximate surface area is 146 Å². The first-order chi connectivity index (χ1) is 12.2. The highest BCUT2D eigenvalue weighted by Crippen LogP contribution is 2.15. The summed E-state index contributed by atoms with van der Waals surface area (Å²) in [6, 6.07) is 14.9. The number of nitrogens with one attached hydrogen (secondary N) is 1. The first-order valence-corrected chi connectivity index (χ1v) is 8.26. The van der Waals surface area contributed by atoms with Crippen LogP contribution in [0.3, 0.4) is 0 Å². The van der Waals surface area contributed by atoms with Crippen molar-refractivity contribution >= 4 is 27.5 Å². The highest BCUT2D eigenvalue weighted by molar-refractivity contribution is 7.16. The molecule has 0 radical (unpaired) electrons. The molecule has 4 rings (SSSR count). The number of benzene rings is 2. The predicted molar refractivity (Wildman–Crippen MR) is 93.0 cm³/mol. The third-order valence-corrected chi connectivity index (χ3v) is 4.82. The summed E-state index contributed by atoms with van der Waals surface area (Å²) in [5, 5.41) is 15.2. The lowest BCUT2D eigenvalue weighted by atomic mass is 10.2. The average molecular weight is 351 g/mol. The number of thiazole rings is 1. The number of aromatic nitrogens is 5. The Kier molecular flexibility index (Phi) is 3.82. The minimum absolute atomic E-state index is 0.277. The van der Waals surface area contributed by atoms with E-state index in [1.165, 1.54) is 22.3 Å². The second kappa shape index (κ2) is 6.29. The molecule has 0 aliphatic carbocycles. The van der Waals surface area contributed by atoms with Gasteiger partial charge < -0.3 is 4.57 Å². The summed E-state index contributed by atoms with van der Waals surface area (Å²) in [7, 11) is 1.92. The summed E-state index contributed by atoms with van der Waals surface area (Å²) < 4.78 is 4.58. The van der Waals surface area contributed by atoms with Gasteiger partial charge in [0, 0.05) is 12.6 Å². The summed E-state index contributed by atoms with van der Waals surface area (Å²) in [6.45, 7) is 0. The molecule has 0 aliphatic rings. The number of rotatable bonds is 3. The summed E-state index contributed by atoms with van der Waals surface area (Å²) in [6.07, 6.45) is 1.49. The molecule has 4 aromatic rings. The largest absolute Gasteiger partial charge is 0.318 e. The van der Waals surface area contributed by atoms with E-state index in [4.69, 9.17) is 0 Å². The Balaban J connectivity index is 1.56. The van der Waals surface area contributed by atoms with Crippen molar-refractivity contribution < 1.29 is 4.79 Å². The van der Waals surface area contributed by atoms with Gasteiger partial charge in [-0.2, -0.15) is 0 Å². The highest BCUT2D eigenvalue weighted by Gasteiger charge is 2.06. The predicted octanol–water partition coefficient (Wildman–Crippen LogP) is 1.46. The van der Waals surface area contributed by atoms with Gasteiger partial charge in [-0.15, -0.1) is 10.2 Å². The highest BCUT2D eigenvalue weighted by atomic mass is 32.1. The van der Waals surface area contributed by atoms with Crippen LogP contribution in [0.5, 0.6) is 0 Å². The molecule has 0 saturated carbocycles. The minimum Gasteiger partial charge on any atom is -0.318 e. The SMILES string of the molecule is Cn1/c(=N/NC(=O)c2ccc(-n3cnnn3)cc2)sc2ccccc21. The van der Waals surface area contributed by atoms with E-state index in [9.17, 15) is 4.79 Å². The molecule has 8 nitrogen and oxygen atoms in total. The van der Waals surface area contributed by atoms with Gasteiger partial charge in [0.15, 0.2) is 0 Å². The van der Waals surface area contributed by atoms with Gasteiger partial charge in [0.1, 0.15) is 6.33 Å². The van der Waals surface area contributed by atoms with Crippen LogP contribution in [0.1, 0.15) is 10.4 Å². The molecular formula is C16H13N7OS. The minimum atomic E-state index is -0.277. The third kappa shape index (κ3) is 2.92. The number of para-hydroxylation sites is 1. The smallest absolute Gasteiger partial charge is 0.271 e. The van der Waals surface area contributed by atoms with Crippen molar-refractivity contribution in [2.75, 3.05) is 0 Å². The van der Waals surface area contributed by atoms with Crippen molar-refractivity contribution in [1.82, 2.24) is 30.2 Å². The van der Waals surface area contributed by atoms with Crippen molar-refractivity contribution in [1.29, 1.82) is 0 Å². The number of tetrazole rings is 1. The number of carbonyl (C=O) groups is 1. The second-order valence-electron chi connectivity index (χ2n) is 5.27. The number of hydrogen-bond acceptors (Lipinski definition) is 6. The zero-order valence-corrected chi connectivity index (χ0v) is 14.0. The Hall–Kier alpha value is -3.33. The van der Waals surface area contributed by atoms with Gasteiger partial charge >= 0.3 is 0 Å². The molecule has 2 aromatic carbocycles. The van der Waals surface area contributed by atoms with Crippen molar-refractivity contribution in [2.24, 2.45) is 12.1 Å². The lowest BCUT2D eigenvalue weighted by molar-refractivity contribution is 0.0953. The lowest BCUT2D eigenvalue weighted by Gasteiger charge is -2.02. The van der Waals surface area contributed by atoms with Gasteiger partial charge in [0.25, 0.3) is 5.91 Å². The zero-order chi connectivity index (χ0) is 17.2. The Bertz CT molecular complexity index is 1090. The van der Waals surface area contributed by atoms with E-state index >= 15 is 0 Å². The lowest BCUT2D eigenvalue weighted by Crippen LogP contribution is -2.23. The standard InChI is InChI=1S/C16H13N7OS/c1-22-13-4-2-3-5-14(13)25-16(22)19-18-15(24)11-6-8-12(9-7-11)23-10-17-20-21-23/h2-10H,1H3,(H,18,24)/b19-16-. The molecule has 0 saturated heterocycles. The molecule has 0 aliphatic heterocycles. The van der Waals surface area contributed by atoms with E-state index < -0.39 is 0 Å². The molecule has 25 heavy (non-hydrogen) atoms. The fourth-order valence-electron chi connectivity index (χ4n) is 2.40. The van der Waals surface area contributed by atoms with Crippen LogP contribution in [0.2, 0.25) is 0 Å². The fraction of sp³-hybridized carbons (Fsp3) is 0.0625. The van der Waals surface area contributed by atoms with Crippen LogP contribution >= 0.6 is 11.3 Å². The van der Waals surface area contributed by atoms with Crippen LogP contribution in [0.15, 0.2) is 60.0 Å². The normalized spacial score (nSPS) is 11.8. The number of fused-ring (bicyclic) bond motifs is 1. The number of nitrogens with zero attached hydrogens (tertiary/aromatic N) is 6. The molecule has 9 heteroatoms. The molecule has 124 valence electrons. The monoisotopic (exact) mass is 351 g/mol. The van der Waals surface area contributed by atoms with E-state index in [1.807, 2.05) is 35.9 Å². The first kappa shape index (κ1) is 15.2. The Morgan fingerprint density at radius 2 is 1.96 bits per heavy atom. The fourth-order valence-corrected chi connectivity index (χ4v) is 3.38. The van der Waals surface area contributed by atoms with Gasteiger partial charge in [-0.3, -0.25) is 4.79 Å². The van der Waals surface area contributed by atoms with Crippen LogP contribution in [0, 0.1) is 0 Å². The molecule has 2 aromatic heterocycles. The van der Waals surface area contributed by atoms with Crippen molar-refractivity contribution in [3.05, 3.63) is 65.2 Å². The Morgan fingerprint density at radius 3 is 2.68 bits per heavy atom. The zero-order valence-electron chi connectivity index (χ0n) is 13.2. The number of aryl methyl sites for hydroxylation is 1. The third-order valence-electron chi connectivity index (χ3n) is 3.71. The maximum absolute atomic E-state index is 12.3. The van der Waals surface area contributed by atoms with Gasteiger partial charge in [-0.25, -0.2) is 10.1 Å². The summed E-state index contributed by atoms with van der Waals surface area (Å²) in [5.74, 6) is -0.277. The number of carbonyl (C=O) groups excluding carboxylic acids is 1. The topological polar surface area (TPSA) is 90.0 Å². The van der Waals surface area contributed by atoms with Gasteiger partial charge in [0.2, 0.25) is 4.80 Å². The summed E-state index contributed by atoms with van der Waals surface area (Å²) in [5.41, 5.74) is 4.95. The molecular weight excluding hydrogens is 338 g/mol. The van der Waals surface area contributed by atoms with E-state index in [0.29, 0.717) is 5.56 Å². The molecule has 0 unspecified atom stereocenters. The molecule has 0 bridgehead atoms. The molecule has 1 N–H and O–H groups in total. The van der Waals surface area contributed by atoms with Crippen LogP contribution in [0.25, 0.3) is 15.9 Å². The van der Waals surface area contributed by atoms with Gasteiger partial charge in [-0.1, -0.05) is 23.5 Å². The van der Waals surface area contributed by atoms with Crippen LogP contribution in [0.4, 0.5) is 0 Å². The summed E-state index contributed by atoms with van der Waals surface area (Å²) >= 11 is 1.52. The molecule has 0 spiro atoms. The molecule has 1 amide bonds. The number of hydrogen-bond donors (Lipinski definition) is 1. The molecule has 2 heterocycles. The summed E-state index contributed by atoms with van der Waals surface area (Å²) in [4.78, 5) is 13.0. The first-order valence-electron chi connectivity index (χ1n) is 7.44. The van der Waals surface area contributed by atoms with E-state index in [-0.39, 0.29) is 5.91 Å². The van der Waals surface area contributed by atoms with Crippen LogP contribution in [-0.4, -0.2) is 30.7 Å². The Morgan fingerprint density at radius 1 is 1.16 bits per heavy atom. The maximum atomic E-state index is 12.3. The van der Waals surface area contributed by atoms with Gasteiger partial charge in [0.05, 0.1) is 15.9 Å². The van der Waals surface area contributed by atoms with Gasteiger partial charge in [-0.05, 0) is 46.8 Å². The van der Waals surface area contributed by atoms with E-state index in [0.717, 1.165) is 20.7 Å². The maximum Gasteiger partial charge on any atom is 0.271 e. The van der Waals surface area contributed by atoms with Crippen molar-refractivity contribution in [3.8, 4) is 5.69 Å². The van der Waals surface area contributed by atoms with E-state index in [2.05, 4.69) is 26.1 Å². The van der Waals surface area contributed by atoms with Crippen molar-refractivity contribution in [3.63, 3.8) is 0 Å². The second-order valence-corrected chi connectivity index (χ2v) is 6.27. The quantitative estimate of drug-likeness (QED) is 0.566. The van der Waals surface area contributed by atoms with Crippen LogP contribution in [-0.2, 0) is 7.05 Å². The van der Waals surface area contributed by atoms with E-state index in [1.54, 1.807) is 24.3 Å². The molecule has 0 atom stereocenters. The van der Waals surface area contributed by atoms with Crippen LogP contribution < -0.4 is 10.2 Å². The average Bonchev–Trinajstić information content (AvgIpc) is 3.29. The number of amides is 1. The molecule has 0 fully saturated rings. The van der Waals surface area contributed by atoms with Crippen molar-refractivity contribution in [2.45, 2.75) is 0 Å².